The van der Waals surface area contributed by atoms with Crippen LogP contribution in [0.4, 0.5) is 0 Å². The van der Waals surface area contributed by atoms with Gasteiger partial charge in [-0.05, 0) is 41.2 Å². The van der Waals surface area contributed by atoms with E-state index in [4.69, 9.17) is 0 Å². The molecule has 0 N–H and O–H groups in total. The molecule has 3 heterocycles. The zero-order valence-corrected chi connectivity index (χ0v) is 23.4. The molecular formula is C28H49N5. The molecule has 3 aliphatic heterocycles. The van der Waals surface area contributed by atoms with Gasteiger partial charge in [-0.15, -0.1) is 0 Å². The number of hydrogen-bond donors (Lipinski definition) is 0. The molecule has 5 nitrogen and oxygen atoms in total. The predicted octanol–water partition coefficient (Wildman–Crippen LogP) is 7.33. The minimum Gasteiger partial charge on any atom is -0.285 e. The quantitative estimate of drug-likeness (QED) is 0.402. The smallest absolute Gasteiger partial charge is 0.126 e. The second-order valence-corrected chi connectivity index (χ2v) is 11.0. The van der Waals surface area contributed by atoms with Gasteiger partial charge in [0.15, 0.2) is 0 Å². The van der Waals surface area contributed by atoms with Gasteiger partial charge in [-0.3, -0.25) is 9.98 Å². The molecule has 3 aliphatic rings. The number of allylic oxidation sites excluding steroid dienone is 1. The fraction of sp³-hybridized carbons (Fsp3) is 0.750. The Morgan fingerprint density at radius 3 is 1.30 bits per heavy atom. The van der Waals surface area contributed by atoms with E-state index in [1.165, 1.54) is 28.4 Å². The molecule has 0 radical (unpaired) electrons. The second-order valence-electron chi connectivity index (χ2n) is 11.0. The average molecular weight is 456 g/mol. The molecule has 186 valence electrons. The molecule has 0 saturated heterocycles. The minimum atomic E-state index is 0.478. The summed E-state index contributed by atoms with van der Waals surface area (Å²) in [5.74, 6) is 4.40. The first-order valence-corrected chi connectivity index (χ1v) is 12.8. The van der Waals surface area contributed by atoms with Crippen LogP contribution in [0, 0.1) is 35.5 Å². The van der Waals surface area contributed by atoms with Crippen LogP contribution in [0.5, 0.6) is 0 Å². The Bertz CT molecular complexity index is 747. The standard InChI is InChI=1S/C10H17N.2C9H16N2/c1-7(2)9-5-10(8(3)4)11-6-9;1-6(2)8-5-10-9(11-8)7(3)4;1-6(2)8-5-9(7(3)4)11-10-8/h5,7-8H,6H2,1-4H3;2*6-7H,5H2,1-4H3. The van der Waals surface area contributed by atoms with Crippen molar-refractivity contribution in [2.24, 2.45) is 60.7 Å². The summed E-state index contributed by atoms with van der Waals surface area (Å²) in [6.45, 7) is 27.8. The first-order valence-electron chi connectivity index (χ1n) is 12.8. The summed E-state index contributed by atoms with van der Waals surface area (Å²) in [5, 5.41) is 8.28. The molecule has 5 heteroatoms. The van der Waals surface area contributed by atoms with E-state index in [0.29, 0.717) is 35.5 Å². The van der Waals surface area contributed by atoms with Crippen LogP contribution in [0.2, 0.25) is 0 Å². The van der Waals surface area contributed by atoms with Crippen LogP contribution in [0.1, 0.15) is 89.5 Å². The second kappa shape index (κ2) is 13.7. The largest absolute Gasteiger partial charge is 0.285 e. The van der Waals surface area contributed by atoms with Crippen LogP contribution >= 0.6 is 0 Å². The van der Waals surface area contributed by atoms with E-state index in [2.05, 4.69) is 114 Å². The number of hydrogen-bond acceptors (Lipinski definition) is 5. The zero-order chi connectivity index (χ0) is 25.3. The normalized spacial score (nSPS) is 17.6. The molecule has 0 aromatic rings. The summed E-state index contributed by atoms with van der Waals surface area (Å²) in [6.07, 6.45) is 3.25. The highest BCUT2D eigenvalue weighted by Gasteiger charge is 2.17. The topological polar surface area (TPSA) is 61.8 Å². The lowest BCUT2D eigenvalue weighted by Gasteiger charge is -2.05. The van der Waals surface area contributed by atoms with E-state index in [1.54, 1.807) is 0 Å². The number of aliphatic imine (C=N–C) groups is 3. The van der Waals surface area contributed by atoms with Crippen molar-refractivity contribution in [2.45, 2.75) is 89.5 Å². The van der Waals surface area contributed by atoms with Crippen molar-refractivity contribution in [2.75, 3.05) is 13.1 Å². The zero-order valence-electron chi connectivity index (χ0n) is 23.4. The van der Waals surface area contributed by atoms with Gasteiger partial charge in [0, 0.05) is 35.2 Å². The SMILES string of the molecule is CC(C)C1=CC(C(C)C)=NC1.CC(C)C1=NC(C(C)C)=NC1.CC(C)C1=NN=C(C(C)C)C1. The molecule has 0 aliphatic carbocycles. The Hall–Kier alpha value is -1.91. The van der Waals surface area contributed by atoms with Gasteiger partial charge in [-0.2, -0.15) is 10.2 Å². The van der Waals surface area contributed by atoms with Gasteiger partial charge >= 0.3 is 0 Å². The third-order valence-electron chi connectivity index (χ3n) is 5.96. The van der Waals surface area contributed by atoms with Crippen molar-refractivity contribution in [1.29, 1.82) is 0 Å². The minimum absolute atomic E-state index is 0.478. The molecule has 3 rings (SSSR count). The fourth-order valence-corrected chi connectivity index (χ4v) is 3.19. The summed E-state index contributed by atoms with van der Waals surface area (Å²) in [7, 11) is 0. The maximum Gasteiger partial charge on any atom is 0.126 e. The molecule has 0 fully saturated rings. The van der Waals surface area contributed by atoms with E-state index >= 15 is 0 Å². The lowest BCUT2D eigenvalue weighted by atomic mass is 9.98. The van der Waals surface area contributed by atoms with E-state index in [0.717, 1.165) is 25.3 Å². The lowest BCUT2D eigenvalue weighted by Crippen LogP contribution is -2.12. The number of rotatable bonds is 6. The van der Waals surface area contributed by atoms with Crippen LogP contribution in [0.25, 0.3) is 0 Å². The van der Waals surface area contributed by atoms with Crippen molar-refractivity contribution >= 4 is 28.7 Å². The molecule has 0 saturated carbocycles. The van der Waals surface area contributed by atoms with Gasteiger partial charge in [0.05, 0.1) is 13.1 Å². The van der Waals surface area contributed by atoms with Crippen LogP contribution < -0.4 is 0 Å². The Morgan fingerprint density at radius 1 is 0.545 bits per heavy atom. The molecule has 0 atom stereocenters. The maximum absolute atomic E-state index is 4.46. The van der Waals surface area contributed by atoms with Crippen LogP contribution in [0.3, 0.4) is 0 Å². The summed E-state index contributed by atoms with van der Waals surface area (Å²) in [5.41, 5.74) is 6.44. The predicted molar refractivity (Wildman–Crippen MR) is 149 cm³/mol. The Balaban J connectivity index is 0.000000247. The fourth-order valence-electron chi connectivity index (χ4n) is 3.19. The van der Waals surface area contributed by atoms with Gasteiger partial charge in [0.2, 0.25) is 0 Å². The highest BCUT2D eigenvalue weighted by molar-refractivity contribution is 6.08. The molecule has 0 bridgehead atoms. The Morgan fingerprint density at radius 2 is 1.06 bits per heavy atom. The van der Waals surface area contributed by atoms with Crippen molar-refractivity contribution < 1.29 is 0 Å². The molecule has 0 unspecified atom stereocenters. The Kier molecular flexibility index (Phi) is 12.1. The summed E-state index contributed by atoms with van der Waals surface area (Å²) < 4.78 is 0. The van der Waals surface area contributed by atoms with Crippen molar-refractivity contribution in [3.8, 4) is 0 Å². The van der Waals surface area contributed by atoms with Crippen LogP contribution in [-0.2, 0) is 0 Å². The molecule has 0 spiro atoms. The first kappa shape index (κ1) is 29.1. The lowest BCUT2D eigenvalue weighted by molar-refractivity contribution is 0.754. The van der Waals surface area contributed by atoms with E-state index < -0.39 is 0 Å². The molecule has 0 amide bonds. The van der Waals surface area contributed by atoms with Gasteiger partial charge in [-0.25, -0.2) is 4.99 Å². The number of amidine groups is 1. The molecular weight excluding hydrogens is 406 g/mol. The van der Waals surface area contributed by atoms with Gasteiger partial charge in [-0.1, -0.05) is 83.1 Å². The molecule has 33 heavy (non-hydrogen) atoms. The summed E-state index contributed by atoms with van der Waals surface area (Å²) in [6, 6.07) is 0. The van der Waals surface area contributed by atoms with E-state index in [-0.39, 0.29) is 0 Å². The summed E-state index contributed by atoms with van der Waals surface area (Å²) in [4.78, 5) is 13.3. The number of nitrogens with zero attached hydrogens (tertiary/aromatic N) is 5. The van der Waals surface area contributed by atoms with Crippen molar-refractivity contribution in [3.63, 3.8) is 0 Å². The molecule has 0 aromatic carbocycles. The Labute approximate surface area is 203 Å². The molecule has 0 aromatic heterocycles. The highest BCUT2D eigenvalue weighted by Crippen LogP contribution is 2.18. The third kappa shape index (κ3) is 9.85. The van der Waals surface area contributed by atoms with E-state index in [9.17, 15) is 0 Å². The van der Waals surface area contributed by atoms with Gasteiger partial charge in [0.1, 0.15) is 5.84 Å². The van der Waals surface area contributed by atoms with E-state index in [1.807, 2.05) is 0 Å². The average Bonchev–Trinajstić information content (AvgIpc) is 3.49. The van der Waals surface area contributed by atoms with Crippen LogP contribution in [0.15, 0.2) is 36.8 Å². The van der Waals surface area contributed by atoms with Crippen LogP contribution in [-0.4, -0.2) is 41.8 Å². The summed E-state index contributed by atoms with van der Waals surface area (Å²) >= 11 is 0. The third-order valence-corrected chi connectivity index (χ3v) is 5.96. The highest BCUT2D eigenvalue weighted by atomic mass is 15.2. The van der Waals surface area contributed by atoms with Crippen molar-refractivity contribution in [3.05, 3.63) is 11.6 Å². The van der Waals surface area contributed by atoms with Gasteiger partial charge in [0.25, 0.3) is 0 Å². The maximum atomic E-state index is 4.46. The first-order chi connectivity index (χ1) is 15.3. The van der Waals surface area contributed by atoms with Gasteiger partial charge < -0.3 is 0 Å². The monoisotopic (exact) mass is 455 g/mol. The van der Waals surface area contributed by atoms with Crippen molar-refractivity contribution in [1.82, 2.24) is 0 Å².